The molecule has 4 aliphatic rings. The van der Waals surface area contributed by atoms with Gasteiger partial charge in [-0.15, -0.1) is 11.3 Å². The van der Waals surface area contributed by atoms with Gasteiger partial charge < -0.3 is 15.5 Å². The number of fused-ring (bicyclic) bond motifs is 5. The third-order valence-corrected chi connectivity index (χ3v) is 10.9. The maximum absolute atomic E-state index is 13.6. The number of carbonyl (C=O) groups is 2. The smallest absolute Gasteiger partial charge is 0.276 e. The zero-order valence-electron chi connectivity index (χ0n) is 20.0. The Labute approximate surface area is 215 Å². The van der Waals surface area contributed by atoms with Gasteiger partial charge in [-0.25, -0.2) is 18.4 Å². The third-order valence-electron chi connectivity index (χ3n) is 7.91. The standard InChI is InChI=1S/C24H24N6O5S2/c1-12-7-15(23(33)30-18(12)20(31)28-24(30)9-37(34,35)10-24)27-19-17-14-4-3-13(22(32)29-5-2-6-29)8-16(14)36-21(17)26-11-25-19/h7,11,13H,2-6,8-10H2,1H3,(H,28,31)(H,25,26,27)/t13-/m0/s1. The Hall–Kier alpha value is -3.32. The lowest BCUT2D eigenvalue weighted by Crippen LogP contribution is -2.64. The van der Waals surface area contributed by atoms with Crippen LogP contribution in [0.3, 0.4) is 0 Å². The summed E-state index contributed by atoms with van der Waals surface area (Å²) in [6.45, 7) is 3.41. The number of nitrogens with one attached hydrogen (secondary N) is 2. The monoisotopic (exact) mass is 540 g/mol. The van der Waals surface area contributed by atoms with E-state index in [-0.39, 0.29) is 34.7 Å². The van der Waals surface area contributed by atoms with E-state index in [1.54, 1.807) is 24.3 Å². The SMILES string of the molecule is Cc1cc(Nc2ncnc3sc4c(c23)CC[C@H](C(=O)N2CCC2)C4)c(=O)n2c1C(=O)NC21CS(=O)(=O)C1. The lowest BCUT2D eigenvalue weighted by atomic mass is 9.86. The first kappa shape index (κ1) is 22.8. The highest BCUT2D eigenvalue weighted by Gasteiger charge is 2.57. The molecule has 6 heterocycles. The molecule has 0 aromatic carbocycles. The van der Waals surface area contributed by atoms with Crippen molar-refractivity contribution in [1.82, 2.24) is 24.8 Å². The van der Waals surface area contributed by atoms with Crippen molar-refractivity contribution < 1.29 is 18.0 Å². The van der Waals surface area contributed by atoms with Gasteiger partial charge in [0.2, 0.25) is 5.91 Å². The molecule has 2 N–H and O–H groups in total. The molecule has 0 bridgehead atoms. The maximum atomic E-state index is 13.6. The van der Waals surface area contributed by atoms with Crippen molar-refractivity contribution in [2.24, 2.45) is 5.92 Å². The van der Waals surface area contributed by atoms with Gasteiger partial charge >= 0.3 is 0 Å². The Balaban J connectivity index is 1.27. The number of pyridine rings is 1. The van der Waals surface area contributed by atoms with Crippen molar-refractivity contribution in [1.29, 1.82) is 0 Å². The molecule has 3 aromatic rings. The Morgan fingerprint density at radius 1 is 1.24 bits per heavy atom. The molecule has 2 saturated heterocycles. The second-order valence-electron chi connectivity index (χ2n) is 10.4. The molecule has 2 amide bonds. The number of hydrogen-bond acceptors (Lipinski definition) is 9. The number of carbonyl (C=O) groups excluding carboxylic acids is 2. The lowest BCUT2D eigenvalue weighted by Gasteiger charge is -2.38. The van der Waals surface area contributed by atoms with E-state index in [9.17, 15) is 22.8 Å². The van der Waals surface area contributed by atoms with Gasteiger partial charge in [0.05, 0.1) is 16.9 Å². The molecule has 37 heavy (non-hydrogen) atoms. The number of aryl methyl sites for hydroxylation is 2. The zero-order chi connectivity index (χ0) is 25.7. The number of hydrogen-bond donors (Lipinski definition) is 2. The average Bonchev–Trinajstić information content (AvgIpc) is 3.30. The molecule has 3 aliphatic heterocycles. The number of rotatable bonds is 3. The fourth-order valence-electron chi connectivity index (χ4n) is 6.07. The van der Waals surface area contributed by atoms with Crippen LogP contribution in [0.5, 0.6) is 0 Å². The summed E-state index contributed by atoms with van der Waals surface area (Å²) in [4.78, 5) is 51.8. The Kier molecular flexibility index (Phi) is 4.69. The van der Waals surface area contributed by atoms with Crippen LogP contribution in [0.4, 0.5) is 11.5 Å². The molecule has 192 valence electrons. The molecule has 0 unspecified atom stereocenters. The Morgan fingerprint density at radius 2 is 2.03 bits per heavy atom. The van der Waals surface area contributed by atoms with Crippen LogP contribution in [-0.4, -0.2) is 64.3 Å². The highest BCUT2D eigenvalue weighted by atomic mass is 32.2. The molecule has 1 atom stereocenters. The molecule has 0 radical (unpaired) electrons. The normalized spacial score (nSPS) is 22.7. The van der Waals surface area contributed by atoms with Crippen molar-refractivity contribution in [2.45, 2.75) is 38.3 Å². The van der Waals surface area contributed by atoms with Gasteiger partial charge in [-0.2, -0.15) is 0 Å². The number of thiophene rings is 1. The van der Waals surface area contributed by atoms with Gasteiger partial charge in [0, 0.05) is 23.9 Å². The van der Waals surface area contributed by atoms with E-state index in [0.717, 1.165) is 53.0 Å². The number of anilines is 2. The van der Waals surface area contributed by atoms with Crippen LogP contribution >= 0.6 is 11.3 Å². The first-order valence-electron chi connectivity index (χ1n) is 12.3. The van der Waals surface area contributed by atoms with E-state index in [0.29, 0.717) is 17.8 Å². The molecule has 1 aliphatic carbocycles. The fourth-order valence-corrected chi connectivity index (χ4v) is 9.11. The minimum Gasteiger partial charge on any atom is -0.342 e. The van der Waals surface area contributed by atoms with E-state index >= 15 is 0 Å². The van der Waals surface area contributed by atoms with Crippen LogP contribution < -0.4 is 16.2 Å². The van der Waals surface area contributed by atoms with Gasteiger partial charge in [-0.05, 0) is 49.8 Å². The third kappa shape index (κ3) is 3.29. The van der Waals surface area contributed by atoms with E-state index in [2.05, 4.69) is 20.6 Å². The summed E-state index contributed by atoms with van der Waals surface area (Å²) in [5, 5.41) is 6.73. The molecule has 13 heteroatoms. The summed E-state index contributed by atoms with van der Waals surface area (Å²) >= 11 is 1.56. The number of likely N-dealkylation sites (tertiary alicyclic amines) is 1. The van der Waals surface area contributed by atoms with Gasteiger partial charge in [0.25, 0.3) is 11.5 Å². The second kappa shape index (κ2) is 7.60. The number of nitrogens with zero attached hydrogens (tertiary/aromatic N) is 4. The molecule has 2 fully saturated rings. The summed E-state index contributed by atoms with van der Waals surface area (Å²) in [6, 6.07) is 1.61. The van der Waals surface area contributed by atoms with E-state index < -0.39 is 27.0 Å². The zero-order valence-corrected chi connectivity index (χ0v) is 21.7. The fraction of sp³-hybridized carbons (Fsp3) is 0.458. The lowest BCUT2D eigenvalue weighted by molar-refractivity contribution is -0.139. The minimum atomic E-state index is -3.33. The molecular weight excluding hydrogens is 516 g/mol. The van der Waals surface area contributed by atoms with Gasteiger partial charge in [-0.3, -0.25) is 19.0 Å². The quantitative estimate of drug-likeness (QED) is 0.502. The molecule has 7 rings (SSSR count). The summed E-state index contributed by atoms with van der Waals surface area (Å²) < 4.78 is 25.3. The number of aromatic nitrogens is 3. The highest BCUT2D eigenvalue weighted by molar-refractivity contribution is 7.92. The topological polar surface area (TPSA) is 143 Å². The predicted molar refractivity (Wildman–Crippen MR) is 137 cm³/mol. The van der Waals surface area contributed by atoms with E-state index in [1.807, 2.05) is 4.90 Å². The van der Waals surface area contributed by atoms with Gasteiger partial charge in [0.15, 0.2) is 9.84 Å². The summed E-state index contributed by atoms with van der Waals surface area (Å²) in [7, 11) is -3.33. The summed E-state index contributed by atoms with van der Waals surface area (Å²) in [5.41, 5.74) is 0.334. The summed E-state index contributed by atoms with van der Waals surface area (Å²) in [5.74, 6) is -0.373. The maximum Gasteiger partial charge on any atom is 0.276 e. The van der Waals surface area contributed by atoms with Crippen molar-refractivity contribution in [3.63, 3.8) is 0 Å². The van der Waals surface area contributed by atoms with Crippen molar-refractivity contribution in [2.75, 3.05) is 29.9 Å². The van der Waals surface area contributed by atoms with Gasteiger partial charge in [0.1, 0.15) is 34.0 Å². The first-order valence-corrected chi connectivity index (χ1v) is 14.9. The largest absolute Gasteiger partial charge is 0.342 e. The van der Waals surface area contributed by atoms with Crippen molar-refractivity contribution >= 4 is 54.7 Å². The average molecular weight is 541 g/mol. The second-order valence-corrected chi connectivity index (χ2v) is 13.5. The van der Waals surface area contributed by atoms with Crippen molar-refractivity contribution in [3.05, 3.63) is 44.4 Å². The molecule has 11 nitrogen and oxygen atoms in total. The number of amides is 2. The van der Waals surface area contributed by atoms with Crippen LogP contribution in [0, 0.1) is 12.8 Å². The van der Waals surface area contributed by atoms with E-state index in [1.165, 1.54) is 10.9 Å². The Bertz CT molecular complexity index is 1690. The van der Waals surface area contributed by atoms with Crippen LogP contribution in [-0.2, 0) is 33.1 Å². The van der Waals surface area contributed by atoms with E-state index in [4.69, 9.17) is 0 Å². The van der Waals surface area contributed by atoms with Crippen LogP contribution in [0.25, 0.3) is 10.2 Å². The molecule has 0 saturated carbocycles. The molecule has 3 aromatic heterocycles. The molecular formula is C24H24N6O5S2. The Morgan fingerprint density at radius 3 is 2.73 bits per heavy atom. The minimum absolute atomic E-state index is 0.0192. The first-order chi connectivity index (χ1) is 17.7. The van der Waals surface area contributed by atoms with Gasteiger partial charge in [-0.1, -0.05) is 0 Å². The predicted octanol–water partition coefficient (Wildman–Crippen LogP) is 1.07. The number of sulfone groups is 1. The summed E-state index contributed by atoms with van der Waals surface area (Å²) in [6.07, 6.45) is 4.67. The van der Waals surface area contributed by atoms with Crippen LogP contribution in [0.2, 0.25) is 0 Å². The molecule has 1 spiro atoms. The van der Waals surface area contributed by atoms with Crippen LogP contribution in [0.1, 0.15) is 39.3 Å². The van der Waals surface area contributed by atoms with Crippen LogP contribution in [0.15, 0.2) is 17.2 Å². The highest BCUT2D eigenvalue weighted by Crippen LogP contribution is 2.41. The van der Waals surface area contributed by atoms with Crippen molar-refractivity contribution in [3.8, 4) is 0 Å².